The van der Waals surface area contributed by atoms with E-state index in [2.05, 4.69) is 0 Å². The second-order valence-corrected chi connectivity index (χ2v) is 7.37. The maximum Gasteiger partial charge on any atom is 0.320 e. The highest BCUT2D eigenvalue weighted by Gasteiger charge is 2.09. The van der Waals surface area contributed by atoms with Crippen molar-refractivity contribution in [1.82, 2.24) is 0 Å². The monoisotopic (exact) mass is 348 g/mol. The summed E-state index contributed by atoms with van der Waals surface area (Å²) in [7, 11) is 0. The molecular formula is C14H24N2O4S2. The molecule has 8 heteroatoms. The average molecular weight is 348 g/mol. The number of carboxylic acid groups (broad SMARTS) is 2. The third kappa shape index (κ3) is 11.6. The summed E-state index contributed by atoms with van der Waals surface area (Å²) in [5.74, 6) is -1.66. The molecule has 1 heterocycles. The Morgan fingerprint density at radius 2 is 2.05 bits per heavy atom. The Balaban J connectivity index is 0.000000409. The van der Waals surface area contributed by atoms with Crippen molar-refractivity contribution in [1.29, 1.82) is 0 Å². The Morgan fingerprint density at radius 1 is 1.36 bits per heavy atom. The molecule has 22 heavy (non-hydrogen) atoms. The minimum atomic E-state index is -0.933. The largest absolute Gasteiger partial charge is 0.481 e. The number of hydrogen-bond donors (Lipinski definition) is 4. The fourth-order valence-electron chi connectivity index (χ4n) is 1.45. The average Bonchev–Trinajstić information content (AvgIpc) is 2.91. The van der Waals surface area contributed by atoms with Gasteiger partial charge in [-0.2, -0.15) is 0 Å². The van der Waals surface area contributed by atoms with Gasteiger partial charge < -0.3 is 21.7 Å². The lowest BCUT2D eigenvalue weighted by molar-refractivity contribution is -0.139. The Hall–Kier alpha value is -1.09. The summed E-state index contributed by atoms with van der Waals surface area (Å²) in [6.07, 6.45) is 2.39. The van der Waals surface area contributed by atoms with Gasteiger partial charge in [-0.1, -0.05) is 19.4 Å². The Morgan fingerprint density at radius 3 is 2.50 bits per heavy atom. The van der Waals surface area contributed by atoms with E-state index < -0.39 is 18.0 Å². The predicted octanol–water partition coefficient (Wildman–Crippen LogP) is 2.23. The van der Waals surface area contributed by atoms with Crippen LogP contribution in [0, 0.1) is 0 Å². The summed E-state index contributed by atoms with van der Waals surface area (Å²) in [6, 6.07) is 3.26. The van der Waals surface area contributed by atoms with E-state index in [0.29, 0.717) is 13.0 Å². The van der Waals surface area contributed by atoms with Crippen molar-refractivity contribution < 1.29 is 19.8 Å². The van der Waals surface area contributed by atoms with E-state index in [1.54, 1.807) is 23.1 Å². The first-order valence-corrected chi connectivity index (χ1v) is 8.73. The van der Waals surface area contributed by atoms with E-state index in [1.807, 2.05) is 24.4 Å². The van der Waals surface area contributed by atoms with E-state index in [4.69, 9.17) is 21.7 Å². The molecule has 0 bridgehead atoms. The molecule has 6 N–H and O–H groups in total. The zero-order chi connectivity index (χ0) is 17.0. The van der Waals surface area contributed by atoms with Crippen LogP contribution in [0.3, 0.4) is 0 Å². The summed E-state index contributed by atoms with van der Waals surface area (Å²) < 4.78 is 1.18. The maximum absolute atomic E-state index is 10.3. The molecule has 0 saturated heterocycles. The minimum absolute atomic E-state index is 0.154. The van der Waals surface area contributed by atoms with Crippen molar-refractivity contribution in [2.75, 3.05) is 6.54 Å². The van der Waals surface area contributed by atoms with Crippen LogP contribution in [0.4, 0.5) is 0 Å². The van der Waals surface area contributed by atoms with Gasteiger partial charge in [0.05, 0.1) is 10.6 Å². The highest BCUT2D eigenvalue weighted by atomic mass is 32.2. The van der Waals surface area contributed by atoms with E-state index >= 15 is 0 Å². The third-order valence-corrected chi connectivity index (χ3v) is 4.74. The quantitative estimate of drug-likeness (QED) is 0.398. The zero-order valence-electron chi connectivity index (χ0n) is 12.6. The van der Waals surface area contributed by atoms with Crippen LogP contribution < -0.4 is 11.5 Å². The first-order valence-electron chi connectivity index (χ1n) is 6.97. The topological polar surface area (TPSA) is 127 Å². The minimum Gasteiger partial charge on any atom is -0.481 e. The molecule has 0 spiro atoms. The number of thiophene rings is 1. The van der Waals surface area contributed by atoms with Gasteiger partial charge in [-0.3, -0.25) is 9.59 Å². The van der Waals surface area contributed by atoms with E-state index in [0.717, 1.165) is 12.8 Å². The van der Waals surface area contributed by atoms with Gasteiger partial charge in [-0.15, -0.1) is 23.1 Å². The van der Waals surface area contributed by atoms with Crippen molar-refractivity contribution in [3.63, 3.8) is 0 Å². The van der Waals surface area contributed by atoms with E-state index in [1.165, 1.54) is 4.21 Å². The van der Waals surface area contributed by atoms with Crippen LogP contribution in [-0.4, -0.2) is 40.0 Å². The summed E-state index contributed by atoms with van der Waals surface area (Å²) in [5, 5.41) is 19.0. The van der Waals surface area contributed by atoms with Gasteiger partial charge in [0.1, 0.15) is 6.04 Å². The molecule has 1 aromatic heterocycles. The summed E-state index contributed by atoms with van der Waals surface area (Å²) in [4.78, 5) is 20.5. The van der Waals surface area contributed by atoms with Crippen molar-refractivity contribution >= 4 is 35.0 Å². The molecule has 6 nitrogen and oxygen atoms in total. The van der Waals surface area contributed by atoms with Crippen molar-refractivity contribution in [2.45, 2.75) is 48.1 Å². The highest BCUT2D eigenvalue weighted by Crippen LogP contribution is 2.28. The van der Waals surface area contributed by atoms with E-state index in [-0.39, 0.29) is 11.7 Å². The molecule has 0 fully saturated rings. The molecule has 0 radical (unpaired) electrons. The van der Waals surface area contributed by atoms with Crippen molar-refractivity contribution in [3.8, 4) is 0 Å². The van der Waals surface area contributed by atoms with Crippen LogP contribution in [0.15, 0.2) is 21.7 Å². The van der Waals surface area contributed by atoms with Crippen LogP contribution in [-0.2, 0) is 9.59 Å². The van der Waals surface area contributed by atoms with Gasteiger partial charge in [0.2, 0.25) is 0 Å². The Labute approximate surface area is 138 Å². The van der Waals surface area contributed by atoms with Gasteiger partial charge in [0, 0.05) is 5.25 Å². The lowest BCUT2D eigenvalue weighted by Crippen LogP contribution is -2.29. The molecule has 0 aromatic carbocycles. The number of hydrogen-bond acceptors (Lipinski definition) is 6. The number of carbonyl (C=O) groups is 2. The summed E-state index contributed by atoms with van der Waals surface area (Å²) in [5.41, 5.74) is 10.4. The first kappa shape index (κ1) is 20.9. The van der Waals surface area contributed by atoms with Crippen LogP contribution in [0.5, 0.6) is 0 Å². The fourth-order valence-corrected chi connectivity index (χ4v) is 3.56. The van der Waals surface area contributed by atoms with Crippen LogP contribution in [0.2, 0.25) is 0 Å². The number of carboxylic acids is 2. The lowest BCUT2D eigenvalue weighted by Gasteiger charge is -2.04. The van der Waals surface area contributed by atoms with Crippen molar-refractivity contribution in [2.24, 2.45) is 11.5 Å². The lowest BCUT2D eigenvalue weighted by atomic mass is 10.1. The van der Waals surface area contributed by atoms with Gasteiger partial charge >= 0.3 is 11.9 Å². The molecule has 2 atom stereocenters. The van der Waals surface area contributed by atoms with Gasteiger partial charge in [0.25, 0.3) is 0 Å². The number of unbranched alkanes of at least 4 members (excludes halogenated alkanes) is 1. The van der Waals surface area contributed by atoms with Crippen LogP contribution in [0.1, 0.15) is 32.6 Å². The summed E-state index contributed by atoms with van der Waals surface area (Å²) >= 11 is 3.26. The van der Waals surface area contributed by atoms with Crippen molar-refractivity contribution in [3.05, 3.63) is 17.5 Å². The normalized spacial score (nSPS) is 12.9. The van der Waals surface area contributed by atoms with Crippen LogP contribution in [0.25, 0.3) is 0 Å². The molecule has 0 aliphatic heterocycles. The van der Waals surface area contributed by atoms with Gasteiger partial charge in [-0.05, 0) is 30.8 Å². The maximum atomic E-state index is 10.3. The molecule has 126 valence electrons. The first-order chi connectivity index (χ1) is 10.4. The molecule has 0 aliphatic rings. The second-order valence-electron chi connectivity index (χ2n) is 4.69. The molecule has 0 aliphatic carbocycles. The highest BCUT2D eigenvalue weighted by molar-refractivity contribution is 8.01. The molecule has 0 amide bonds. The molecular weight excluding hydrogens is 324 g/mol. The zero-order valence-corrected chi connectivity index (χ0v) is 14.2. The molecule has 0 saturated carbocycles. The SMILES string of the molecule is C[C@H](CC(=O)O)Sc1cccs1.NCCCC[C@H](N)C(=O)O. The number of aliphatic carboxylic acids is 2. The van der Waals surface area contributed by atoms with Gasteiger partial charge in [-0.25, -0.2) is 0 Å². The van der Waals surface area contributed by atoms with Crippen LogP contribution >= 0.6 is 23.1 Å². The Bertz CT molecular complexity index is 426. The Kier molecular flexibility index (Phi) is 11.8. The fraction of sp³-hybridized carbons (Fsp3) is 0.571. The molecule has 0 unspecified atom stereocenters. The number of rotatable bonds is 9. The number of thioether (sulfide) groups is 1. The summed E-state index contributed by atoms with van der Waals surface area (Å²) in [6.45, 7) is 2.53. The van der Waals surface area contributed by atoms with E-state index in [9.17, 15) is 9.59 Å². The van der Waals surface area contributed by atoms with Gasteiger partial charge in [0.15, 0.2) is 0 Å². The third-order valence-electron chi connectivity index (χ3n) is 2.56. The molecule has 1 aromatic rings. The number of nitrogens with two attached hydrogens (primary N) is 2. The predicted molar refractivity (Wildman–Crippen MR) is 90.4 cm³/mol. The molecule has 1 rings (SSSR count). The smallest absolute Gasteiger partial charge is 0.320 e. The second kappa shape index (κ2) is 12.5. The standard InChI is InChI=1S/C8H10O2S2.C6H14N2O2/c1-6(5-7(9)10)12-8-3-2-4-11-8;7-4-2-1-3-5(8)6(9)10/h2-4,6H,5H2,1H3,(H,9,10);5H,1-4,7-8H2,(H,9,10)/t6-;5-/m10/s1.